The number of aliphatic hydroxyl groups is 1. The lowest BCUT2D eigenvalue weighted by atomic mass is 9.77. The summed E-state index contributed by atoms with van der Waals surface area (Å²) in [6, 6.07) is 4.64. The van der Waals surface area contributed by atoms with Crippen LogP contribution in [0.4, 0.5) is 0 Å². The smallest absolute Gasteiger partial charge is 0.202 e. The minimum atomic E-state index is -0.984. The van der Waals surface area contributed by atoms with Gasteiger partial charge < -0.3 is 20.1 Å². The van der Waals surface area contributed by atoms with E-state index in [2.05, 4.69) is 0 Å². The fourth-order valence-corrected chi connectivity index (χ4v) is 3.85. The van der Waals surface area contributed by atoms with E-state index in [1.165, 1.54) is 13.2 Å². The lowest BCUT2D eigenvalue weighted by Crippen LogP contribution is -2.24. The van der Waals surface area contributed by atoms with E-state index in [9.17, 15) is 24.9 Å². The van der Waals surface area contributed by atoms with E-state index in [-0.39, 0.29) is 39.3 Å². The number of phenols is 2. The van der Waals surface area contributed by atoms with Crippen molar-refractivity contribution in [3.8, 4) is 17.2 Å². The number of aromatic hydroxyl groups is 2. The monoisotopic (exact) mass is 340 g/mol. The molecular weight excluding hydrogens is 324 g/mol. The summed E-state index contributed by atoms with van der Waals surface area (Å²) in [7, 11) is 1.39. The van der Waals surface area contributed by atoms with Crippen molar-refractivity contribution in [1.82, 2.24) is 0 Å². The van der Waals surface area contributed by atoms with Gasteiger partial charge >= 0.3 is 0 Å². The van der Waals surface area contributed by atoms with E-state index in [0.717, 1.165) is 0 Å². The molecule has 0 fully saturated rings. The molecule has 128 valence electrons. The Morgan fingerprint density at radius 1 is 1.04 bits per heavy atom. The van der Waals surface area contributed by atoms with Crippen LogP contribution in [-0.2, 0) is 6.42 Å². The predicted octanol–water partition coefficient (Wildman–Crippen LogP) is 2.25. The van der Waals surface area contributed by atoms with Crippen molar-refractivity contribution in [3.05, 3.63) is 51.6 Å². The van der Waals surface area contributed by atoms with E-state index in [1.807, 2.05) is 0 Å². The zero-order valence-electron chi connectivity index (χ0n) is 13.5. The maximum Gasteiger partial charge on any atom is 0.202 e. The first-order valence-corrected chi connectivity index (χ1v) is 8.02. The van der Waals surface area contributed by atoms with Crippen LogP contribution in [0.2, 0.25) is 0 Å². The second kappa shape index (κ2) is 5.32. The van der Waals surface area contributed by atoms with E-state index < -0.39 is 23.4 Å². The van der Waals surface area contributed by atoms with Gasteiger partial charge in [0, 0.05) is 16.7 Å². The molecule has 0 saturated carbocycles. The summed E-state index contributed by atoms with van der Waals surface area (Å²) in [4.78, 5) is 25.9. The topological polar surface area (TPSA) is 104 Å². The van der Waals surface area contributed by atoms with Crippen molar-refractivity contribution in [3.63, 3.8) is 0 Å². The van der Waals surface area contributed by atoms with Gasteiger partial charge in [0.2, 0.25) is 5.78 Å². The third-order valence-electron chi connectivity index (χ3n) is 5.00. The predicted molar refractivity (Wildman–Crippen MR) is 87.5 cm³/mol. The molecule has 2 aromatic rings. The number of benzene rings is 2. The highest BCUT2D eigenvalue weighted by atomic mass is 16.5. The maximum atomic E-state index is 13.0. The molecule has 2 aliphatic rings. The second-order valence-electron chi connectivity index (χ2n) is 6.29. The van der Waals surface area contributed by atoms with Crippen molar-refractivity contribution >= 4 is 11.6 Å². The highest BCUT2D eigenvalue weighted by Crippen LogP contribution is 2.48. The van der Waals surface area contributed by atoms with Gasteiger partial charge in [-0.3, -0.25) is 9.59 Å². The summed E-state index contributed by atoms with van der Waals surface area (Å²) in [5.41, 5.74) is 0.199. The lowest BCUT2D eigenvalue weighted by molar-refractivity contribution is 0.0968. The summed E-state index contributed by atoms with van der Waals surface area (Å²) >= 11 is 0. The average Bonchev–Trinajstić information content (AvgIpc) is 2.61. The Morgan fingerprint density at radius 3 is 2.48 bits per heavy atom. The van der Waals surface area contributed by atoms with Crippen LogP contribution in [0, 0.1) is 0 Å². The standard InChI is InChI=1S/C19H16O6/c1-25-11-7-3-5-9-13(11)19(24)15-14(17(9)22)16(21)8-4-2-6-10(20)12(8)18(15)23/h3,5,7,10,20-21,23H,2,4,6H2,1H3. The number of carbonyl (C=O) groups excluding carboxylic acids is 2. The molecule has 0 aromatic heterocycles. The molecule has 0 heterocycles. The van der Waals surface area contributed by atoms with Crippen LogP contribution in [0.3, 0.4) is 0 Å². The van der Waals surface area contributed by atoms with Gasteiger partial charge in [0.1, 0.15) is 17.2 Å². The first kappa shape index (κ1) is 15.7. The van der Waals surface area contributed by atoms with E-state index in [0.29, 0.717) is 24.8 Å². The highest BCUT2D eigenvalue weighted by Gasteiger charge is 2.40. The molecular formula is C19H16O6. The molecule has 3 N–H and O–H groups in total. The molecule has 0 bridgehead atoms. The number of ether oxygens (including phenoxy) is 1. The second-order valence-corrected chi connectivity index (χ2v) is 6.29. The fraction of sp³-hybridized carbons (Fsp3) is 0.263. The van der Waals surface area contributed by atoms with Gasteiger partial charge in [-0.1, -0.05) is 12.1 Å². The minimum absolute atomic E-state index is 0.0578. The number of carbonyl (C=O) groups is 2. The molecule has 0 amide bonds. The first-order valence-electron chi connectivity index (χ1n) is 8.02. The van der Waals surface area contributed by atoms with Gasteiger partial charge in [-0.25, -0.2) is 0 Å². The van der Waals surface area contributed by atoms with Gasteiger partial charge in [-0.15, -0.1) is 0 Å². The largest absolute Gasteiger partial charge is 0.507 e. The van der Waals surface area contributed by atoms with Gasteiger partial charge in [0.05, 0.1) is 29.9 Å². The molecule has 0 radical (unpaired) electrons. The Hall–Kier alpha value is -2.86. The molecule has 0 spiro atoms. The molecule has 2 aliphatic carbocycles. The molecule has 6 heteroatoms. The Labute approximate surface area is 143 Å². The molecule has 1 atom stereocenters. The van der Waals surface area contributed by atoms with E-state index >= 15 is 0 Å². The summed E-state index contributed by atoms with van der Waals surface area (Å²) < 4.78 is 5.18. The summed E-state index contributed by atoms with van der Waals surface area (Å²) in [5, 5.41) is 31.5. The van der Waals surface area contributed by atoms with Crippen molar-refractivity contribution in [2.24, 2.45) is 0 Å². The van der Waals surface area contributed by atoms with E-state index in [4.69, 9.17) is 4.74 Å². The van der Waals surface area contributed by atoms with Crippen molar-refractivity contribution in [2.45, 2.75) is 25.4 Å². The van der Waals surface area contributed by atoms with Crippen LogP contribution in [0.5, 0.6) is 17.2 Å². The number of hydrogen-bond donors (Lipinski definition) is 3. The Bertz CT molecular complexity index is 944. The molecule has 4 rings (SSSR count). The summed E-state index contributed by atoms with van der Waals surface area (Å²) in [5.74, 6) is -1.67. The fourth-order valence-electron chi connectivity index (χ4n) is 3.85. The average molecular weight is 340 g/mol. The SMILES string of the molecule is COc1cccc2c1C(=O)c1c(O)c3c(c(O)c1C2=O)CCCC3O. The molecule has 25 heavy (non-hydrogen) atoms. The van der Waals surface area contributed by atoms with Crippen molar-refractivity contribution < 1.29 is 29.6 Å². The van der Waals surface area contributed by atoms with Gasteiger partial charge in [-0.05, 0) is 25.3 Å². The van der Waals surface area contributed by atoms with Crippen LogP contribution in [0.15, 0.2) is 18.2 Å². The van der Waals surface area contributed by atoms with Crippen LogP contribution in [-0.4, -0.2) is 34.0 Å². The Morgan fingerprint density at radius 2 is 1.76 bits per heavy atom. The zero-order chi connectivity index (χ0) is 17.9. The Kier molecular flexibility index (Phi) is 3.33. The quantitative estimate of drug-likeness (QED) is 0.587. The van der Waals surface area contributed by atoms with Crippen LogP contribution in [0.25, 0.3) is 0 Å². The maximum absolute atomic E-state index is 13.0. The molecule has 0 aliphatic heterocycles. The number of hydrogen-bond acceptors (Lipinski definition) is 6. The third kappa shape index (κ3) is 1.94. The number of ketones is 2. The minimum Gasteiger partial charge on any atom is -0.507 e. The van der Waals surface area contributed by atoms with Crippen LogP contribution < -0.4 is 4.74 Å². The lowest BCUT2D eigenvalue weighted by Gasteiger charge is -2.28. The normalized spacial score (nSPS) is 18.4. The number of methoxy groups -OCH3 is 1. The van der Waals surface area contributed by atoms with Gasteiger partial charge in [0.25, 0.3) is 0 Å². The highest BCUT2D eigenvalue weighted by molar-refractivity contribution is 6.31. The number of rotatable bonds is 1. The van der Waals surface area contributed by atoms with Crippen molar-refractivity contribution in [1.29, 1.82) is 0 Å². The molecule has 6 nitrogen and oxygen atoms in total. The van der Waals surface area contributed by atoms with E-state index in [1.54, 1.807) is 12.1 Å². The number of phenolic OH excluding ortho intramolecular Hbond substituents is 2. The molecule has 2 aromatic carbocycles. The summed E-state index contributed by atoms with van der Waals surface area (Å²) in [6.45, 7) is 0. The third-order valence-corrected chi connectivity index (χ3v) is 5.00. The van der Waals surface area contributed by atoms with Crippen LogP contribution >= 0.6 is 0 Å². The number of aliphatic hydroxyl groups excluding tert-OH is 1. The van der Waals surface area contributed by atoms with Crippen LogP contribution in [0.1, 0.15) is 61.9 Å². The zero-order valence-corrected chi connectivity index (χ0v) is 13.5. The molecule has 0 saturated heterocycles. The summed E-state index contributed by atoms with van der Waals surface area (Å²) in [6.07, 6.45) is 0.473. The Balaban J connectivity index is 2.09. The van der Waals surface area contributed by atoms with Gasteiger partial charge in [-0.2, -0.15) is 0 Å². The van der Waals surface area contributed by atoms with Gasteiger partial charge in [0.15, 0.2) is 5.78 Å². The number of fused-ring (bicyclic) bond motifs is 3. The first-order chi connectivity index (χ1) is 12.0. The molecule has 1 unspecified atom stereocenters. The van der Waals surface area contributed by atoms with Crippen molar-refractivity contribution in [2.75, 3.05) is 7.11 Å².